The van der Waals surface area contributed by atoms with Crippen molar-refractivity contribution in [3.63, 3.8) is 0 Å². The number of piperidine rings is 1. The average molecular weight is 374 g/mol. The number of likely N-dealkylation sites (N-methyl/N-ethyl adjacent to an activating group) is 1. The number of nitrogens with zero attached hydrogens (tertiary/aromatic N) is 3. The highest BCUT2D eigenvalue weighted by molar-refractivity contribution is 7.88. The Kier molecular flexibility index (Phi) is 7.96. The molecule has 0 saturated carbocycles. The molecule has 2 aliphatic heterocycles. The fraction of sp³-hybridized carbons (Fsp3) is 0.941. The van der Waals surface area contributed by atoms with Gasteiger partial charge in [-0.05, 0) is 51.6 Å². The zero-order chi connectivity index (χ0) is 18.3. The van der Waals surface area contributed by atoms with E-state index in [0.29, 0.717) is 25.0 Å². The molecule has 2 rings (SSSR count). The first kappa shape index (κ1) is 20.5. The van der Waals surface area contributed by atoms with Crippen LogP contribution in [0.1, 0.15) is 39.5 Å². The largest absolute Gasteiger partial charge is 0.357 e. The first-order valence-electron chi connectivity index (χ1n) is 9.65. The van der Waals surface area contributed by atoms with Gasteiger partial charge in [0.2, 0.25) is 10.0 Å². The standard InChI is InChI=1S/C17H35N5O2S/c1-4-18-17(20-14-16-7-6-10-21(16)5-2)19-13-15-8-11-22(12-9-15)25(3,23)24/h15-16H,4-14H2,1-3H3,(H2,18,19,20). The van der Waals surface area contributed by atoms with Crippen LogP contribution in [-0.2, 0) is 10.0 Å². The zero-order valence-corrected chi connectivity index (χ0v) is 16.8. The number of likely N-dealkylation sites (tertiary alicyclic amines) is 1. The summed E-state index contributed by atoms with van der Waals surface area (Å²) >= 11 is 0. The van der Waals surface area contributed by atoms with Gasteiger partial charge in [-0.3, -0.25) is 9.89 Å². The molecule has 0 radical (unpaired) electrons. The number of aliphatic imine (C=N–C) groups is 1. The molecule has 2 aliphatic rings. The molecule has 2 fully saturated rings. The molecule has 0 bridgehead atoms. The first-order valence-corrected chi connectivity index (χ1v) is 11.5. The van der Waals surface area contributed by atoms with E-state index < -0.39 is 10.0 Å². The third-order valence-corrected chi connectivity index (χ3v) is 6.61. The highest BCUT2D eigenvalue weighted by atomic mass is 32.2. The van der Waals surface area contributed by atoms with Gasteiger partial charge in [0.15, 0.2) is 5.96 Å². The Bertz CT molecular complexity index is 529. The third kappa shape index (κ3) is 6.42. The van der Waals surface area contributed by atoms with E-state index in [2.05, 4.69) is 29.4 Å². The number of sulfonamides is 1. The quantitative estimate of drug-likeness (QED) is 0.507. The van der Waals surface area contributed by atoms with E-state index in [0.717, 1.165) is 45.0 Å². The molecule has 0 aromatic heterocycles. The topological polar surface area (TPSA) is 77.0 Å². The van der Waals surface area contributed by atoms with Crippen molar-refractivity contribution in [3.05, 3.63) is 0 Å². The van der Waals surface area contributed by atoms with Gasteiger partial charge in [0, 0.05) is 38.8 Å². The number of guanidine groups is 1. The summed E-state index contributed by atoms with van der Waals surface area (Å²) < 4.78 is 24.7. The molecule has 1 unspecified atom stereocenters. The molecule has 0 aromatic carbocycles. The summed E-state index contributed by atoms with van der Waals surface area (Å²) in [4.78, 5) is 7.27. The third-order valence-electron chi connectivity index (χ3n) is 5.30. The fourth-order valence-electron chi connectivity index (χ4n) is 3.74. The summed E-state index contributed by atoms with van der Waals surface area (Å²) in [5.41, 5.74) is 0. The van der Waals surface area contributed by atoms with Gasteiger partial charge in [-0.25, -0.2) is 12.7 Å². The van der Waals surface area contributed by atoms with Crippen LogP contribution < -0.4 is 10.6 Å². The average Bonchev–Trinajstić information content (AvgIpc) is 3.04. The Morgan fingerprint density at radius 1 is 1.12 bits per heavy atom. The van der Waals surface area contributed by atoms with Crippen molar-refractivity contribution in [2.75, 3.05) is 52.1 Å². The molecule has 1 atom stereocenters. The van der Waals surface area contributed by atoms with Gasteiger partial charge in [-0.1, -0.05) is 6.92 Å². The zero-order valence-electron chi connectivity index (χ0n) is 16.0. The monoisotopic (exact) mass is 373 g/mol. The summed E-state index contributed by atoms with van der Waals surface area (Å²) in [6.07, 6.45) is 5.61. The summed E-state index contributed by atoms with van der Waals surface area (Å²) in [7, 11) is -3.05. The van der Waals surface area contributed by atoms with Crippen molar-refractivity contribution in [2.24, 2.45) is 10.9 Å². The maximum Gasteiger partial charge on any atom is 0.211 e. The minimum absolute atomic E-state index is 0.465. The lowest BCUT2D eigenvalue weighted by Crippen LogP contribution is -2.45. The summed E-state index contributed by atoms with van der Waals surface area (Å²) in [6, 6.07) is 0.604. The lowest BCUT2D eigenvalue weighted by Gasteiger charge is -2.29. The van der Waals surface area contributed by atoms with E-state index in [4.69, 9.17) is 4.99 Å². The van der Waals surface area contributed by atoms with E-state index >= 15 is 0 Å². The van der Waals surface area contributed by atoms with Crippen LogP contribution >= 0.6 is 0 Å². The molecule has 0 spiro atoms. The normalized spacial score (nSPS) is 24.6. The summed E-state index contributed by atoms with van der Waals surface area (Å²) in [5.74, 6) is 1.35. The van der Waals surface area contributed by atoms with Crippen molar-refractivity contribution in [3.8, 4) is 0 Å². The van der Waals surface area contributed by atoms with Crippen molar-refractivity contribution in [1.29, 1.82) is 0 Å². The smallest absolute Gasteiger partial charge is 0.211 e. The lowest BCUT2D eigenvalue weighted by atomic mass is 9.98. The van der Waals surface area contributed by atoms with Gasteiger partial charge in [0.05, 0.1) is 6.26 Å². The van der Waals surface area contributed by atoms with Crippen LogP contribution in [0.3, 0.4) is 0 Å². The van der Waals surface area contributed by atoms with Gasteiger partial charge in [-0.15, -0.1) is 0 Å². The van der Waals surface area contributed by atoms with E-state index in [1.165, 1.54) is 25.6 Å². The van der Waals surface area contributed by atoms with Crippen LogP contribution in [0.2, 0.25) is 0 Å². The van der Waals surface area contributed by atoms with Crippen molar-refractivity contribution >= 4 is 16.0 Å². The van der Waals surface area contributed by atoms with E-state index in [-0.39, 0.29) is 0 Å². The molecular weight excluding hydrogens is 338 g/mol. The molecule has 0 aliphatic carbocycles. The second-order valence-corrected chi connectivity index (χ2v) is 9.11. The maximum atomic E-state index is 11.6. The van der Waals surface area contributed by atoms with Crippen LogP contribution in [0.25, 0.3) is 0 Å². The predicted molar refractivity (Wildman–Crippen MR) is 103 cm³/mol. The lowest BCUT2D eigenvalue weighted by molar-refractivity contribution is 0.266. The molecule has 2 N–H and O–H groups in total. The predicted octanol–water partition coefficient (Wildman–Crippen LogP) is 0.697. The molecule has 25 heavy (non-hydrogen) atoms. The highest BCUT2D eigenvalue weighted by Crippen LogP contribution is 2.19. The molecule has 0 amide bonds. The van der Waals surface area contributed by atoms with Crippen molar-refractivity contribution < 1.29 is 8.42 Å². The van der Waals surface area contributed by atoms with Crippen molar-refractivity contribution in [2.45, 2.75) is 45.6 Å². The first-order chi connectivity index (χ1) is 11.9. The fourth-order valence-corrected chi connectivity index (χ4v) is 4.62. The van der Waals surface area contributed by atoms with E-state index in [1.54, 1.807) is 4.31 Å². The van der Waals surface area contributed by atoms with Crippen LogP contribution in [0, 0.1) is 5.92 Å². The number of rotatable bonds is 7. The second kappa shape index (κ2) is 9.73. The van der Waals surface area contributed by atoms with Gasteiger partial charge in [0.1, 0.15) is 0 Å². The Labute approximate surface area is 153 Å². The number of hydrogen-bond donors (Lipinski definition) is 2. The Hall–Kier alpha value is -0.860. The van der Waals surface area contributed by atoms with Crippen molar-refractivity contribution in [1.82, 2.24) is 19.8 Å². The number of hydrogen-bond acceptors (Lipinski definition) is 4. The molecule has 146 valence electrons. The SMILES string of the molecule is CCNC(=NCC1CCN(S(C)(=O)=O)CC1)NCC1CCCN1CC. The van der Waals surface area contributed by atoms with Crippen LogP contribution in [0.4, 0.5) is 0 Å². The second-order valence-electron chi connectivity index (χ2n) is 7.13. The van der Waals surface area contributed by atoms with Gasteiger partial charge in [-0.2, -0.15) is 0 Å². The molecule has 7 nitrogen and oxygen atoms in total. The molecule has 0 aromatic rings. The molecular formula is C17H35N5O2S. The van der Waals surface area contributed by atoms with E-state index in [1.807, 2.05) is 0 Å². The Morgan fingerprint density at radius 2 is 1.84 bits per heavy atom. The van der Waals surface area contributed by atoms with Crippen LogP contribution in [0.5, 0.6) is 0 Å². The van der Waals surface area contributed by atoms with Crippen LogP contribution in [-0.4, -0.2) is 81.7 Å². The van der Waals surface area contributed by atoms with Gasteiger partial charge in [0.25, 0.3) is 0 Å². The Morgan fingerprint density at radius 3 is 2.44 bits per heavy atom. The molecule has 8 heteroatoms. The van der Waals surface area contributed by atoms with Gasteiger partial charge >= 0.3 is 0 Å². The molecule has 2 saturated heterocycles. The summed E-state index contributed by atoms with van der Waals surface area (Å²) in [6.45, 7) is 10.4. The number of nitrogens with one attached hydrogen (secondary N) is 2. The van der Waals surface area contributed by atoms with Crippen LogP contribution in [0.15, 0.2) is 4.99 Å². The Balaban J connectivity index is 1.79. The highest BCUT2D eigenvalue weighted by Gasteiger charge is 2.25. The minimum Gasteiger partial charge on any atom is -0.357 e. The maximum absolute atomic E-state index is 11.6. The summed E-state index contributed by atoms with van der Waals surface area (Å²) in [5, 5.41) is 6.82. The molecule has 2 heterocycles. The van der Waals surface area contributed by atoms with Gasteiger partial charge < -0.3 is 10.6 Å². The minimum atomic E-state index is -3.05. The van der Waals surface area contributed by atoms with E-state index in [9.17, 15) is 8.42 Å².